The predicted octanol–water partition coefficient (Wildman–Crippen LogP) is 0.673. The average Bonchev–Trinajstić information content (AvgIpc) is 2.46. The normalized spacial score (nSPS) is 11.7. The molecular formula is C13H20N4O3. The topological polar surface area (TPSA) is 101 Å². The molecule has 0 atom stereocenters. The summed E-state index contributed by atoms with van der Waals surface area (Å²) in [6.45, 7) is 4.82. The lowest BCUT2D eigenvalue weighted by atomic mass is 10.2. The molecule has 0 spiro atoms. The van der Waals surface area contributed by atoms with Crippen LogP contribution in [0.2, 0.25) is 0 Å². The lowest BCUT2D eigenvalue weighted by Crippen LogP contribution is -2.39. The van der Waals surface area contributed by atoms with E-state index in [9.17, 15) is 4.79 Å². The van der Waals surface area contributed by atoms with Gasteiger partial charge in [0, 0.05) is 31.5 Å². The summed E-state index contributed by atoms with van der Waals surface area (Å²) in [5.74, 6) is -0.222. The molecule has 3 N–H and O–H groups in total. The van der Waals surface area contributed by atoms with Gasteiger partial charge in [-0.3, -0.25) is 9.78 Å². The first-order valence-electron chi connectivity index (χ1n) is 6.25. The molecule has 0 aromatic carbocycles. The Bertz CT molecular complexity index is 471. The van der Waals surface area contributed by atoms with Crippen LogP contribution in [0, 0.1) is 0 Å². The number of pyridine rings is 1. The van der Waals surface area contributed by atoms with E-state index in [1.54, 1.807) is 24.1 Å². The Balaban J connectivity index is 2.89. The summed E-state index contributed by atoms with van der Waals surface area (Å²) in [5, 5.41) is 11.5. The fraction of sp³-hybridized carbons (Fsp3) is 0.462. The highest BCUT2D eigenvalue weighted by Gasteiger charge is 2.19. The van der Waals surface area contributed by atoms with E-state index in [1.165, 1.54) is 6.20 Å². The zero-order valence-corrected chi connectivity index (χ0v) is 11.9. The van der Waals surface area contributed by atoms with Crippen LogP contribution >= 0.6 is 0 Å². The zero-order valence-electron chi connectivity index (χ0n) is 11.9. The van der Waals surface area contributed by atoms with Crippen LogP contribution in [-0.2, 0) is 4.74 Å². The first-order chi connectivity index (χ1) is 9.51. The standard InChI is InChI=1S/C13H20N4O3/c1-9(2)17(6-7-20-3)13(18)11-5-4-10(8-15-11)12(14)16-19/h4-5,8-9,19H,6-7H2,1-3H3,(H2,14,16). The minimum absolute atomic E-state index is 0.0446. The Hall–Kier alpha value is -2.15. The maximum atomic E-state index is 12.3. The number of carbonyl (C=O) groups excluding carboxylic acids is 1. The molecule has 0 saturated carbocycles. The first-order valence-corrected chi connectivity index (χ1v) is 6.25. The van der Waals surface area contributed by atoms with E-state index in [4.69, 9.17) is 15.7 Å². The van der Waals surface area contributed by atoms with E-state index >= 15 is 0 Å². The number of aromatic nitrogens is 1. The van der Waals surface area contributed by atoms with Crippen molar-refractivity contribution in [2.45, 2.75) is 19.9 Å². The molecule has 1 aromatic heterocycles. The van der Waals surface area contributed by atoms with Crippen molar-refractivity contribution in [2.24, 2.45) is 10.9 Å². The Morgan fingerprint density at radius 2 is 2.25 bits per heavy atom. The molecule has 1 rings (SSSR count). The van der Waals surface area contributed by atoms with Gasteiger partial charge in [-0.1, -0.05) is 5.16 Å². The summed E-state index contributed by atoms with van der Waals surface area (Å²) in [4.78, 5) is 18.1. The molecule has 0 fully saturated rings. The van der Waals surface area contributed by atoms with Crippen LogP contribution in [0.4, 0.5) is 0 Å². The number of nitrogens with zero attached hydrogens (tertiary/aromatic N) is 3. The van der Waals surface area contributed by atoms with Crippen molar-refractivity contribution in [1.29, 1.82) is 0 Å². The van der Waals surface area contributed by atoms with Crippen LogP contribution in [0.1, 0.15) is 29.9 Å². The maximum Gasteiger partial charge on any atom is 0.272 e. The highest BCUT2D eigenvalue weighted by atomic mass is 16.5. The van der Waals surface area contributed by atoms with E-state index in [0.717, 1.165) is 0 Å². The molecular weight excluding hydrogens is 260 g/mol. The number of hydrogen-bond donors (Lipinski definition) is 2. The van der Waals surface area contributed by atoms with Crippen molar-refractivity contribution >= 4 is 11.7 Å². The van der Waals surface area contributed by atoms with E-state index in [0.29, 0.717) is 24.4 Å². The van der Waals surface area contributed by atoms with Gasteiger partial charge in [0.1, 0.15) is 5.69 Å². The second kappa shape index (κ2) is 7.44. The van der Waals surface area contributed by atoms with Gasteiger partial charge in [0.05, 0.1) is 6.61 Å². The molecule has 0 bridgehead atoms. The molecule has 0 saturated heterocycles. The van der Waals surface area contributed by atoms with Crippen molar-refractivity contribution < 1.29 is 14.7 Å². The molecule has 7 nitrogen and oxygen atoms in total. The molecule has 1 heterocycles. The van der Waals surface area contributed by atoms with Crippen LogP contribution in [0.3, 0.4) is 0 Å². The Labute approximate surface area is 118 Å². The number of ether oxygens (including phenoxy) is 1. The molecule has 20 heavy (non-hydrogen) atoms. The average molecular weight is 280 g/mol. The van der Waals surface area contributed by atoms with Crippen LogP contribution in [-0.4, -0.2) is 53.1 Å². The number of oxime groups is 1. The minimum atomic E-state index is -0.178. The fourth-order valence-electron chi connectivity index (χ4n) is 1.66. The zero-order chi connectivity index (χ0) is 15.1. The SMILES string of the molecule is COCCN(C(=O)c1ccc(/C(N)=N/O)cn1)C(C)C. The largest absolute Gasteiger partial charge is 0.409 e. The monoisotopic (exact) mass is 280 g/mol. The highest BCUT2D eigenvalue weighted by Crippen LogP contribution is 2.07. The number of amides is 1. The van der Waals surface area contributed by atoms with Crippen LogP contribution in [0.25, 0.3) is 0 Å². The lowest BCUT2D eigenvalue weighted by molar-refractivity contribution is 0.0629. The van der Waals surface area contributed by atoms with Crippen LogP contribution in [0.5, 0.6) is 0 Å². The molecule has 1 aromatic rings. The Morgan fingerprint density at radius 3 is 2.70 bits per heavy atom. The van der Waals surface area contributed by atoms with Gasteiger partial charge in [-0.15, -0.1) is 0 Å². The van der Waals surface area contributed by atoms with Gasteiger partial charge in [-0.25, -0.2) is 0 Å². The van der Waals surface area contributed by atoms with Gasteiger partial charge in [0.15, 0.2) is 5.84 Å². The first kappa shape index (κ1) is 15.9. The van der Waals surface area contributed by atoms with Crippen molar-refractivity contribution in [3.8, 4) is 0 Å². The van der Waals surface area contributed by atoms with E-state index < -0.39 is 0 Å². The molecule has 0 radical (unpaired) electrons. The molecule has 0 aliphatic carbocycles. The summed E-state index contributed by atoms with van der Waals surface area (Å²) in [6, 6.07) is 3.19. The number of nitrogens with two attached hydrogens (primary N) is 1. The summed E-state index contributed by atoms with van der Waals surface area (Å²) in [6.07, 6.45) is 1.40. The minimum Gasteiger partial charge on any atom is -0.409 e. The summed E-state index contributed by atoms with van der Waals surface area (Å²) in [5.41, 5.74) is 6.21. The van der Waals surface area contributed by atoms with Gasteiger partial charge in [-0.2, -0.15) is 0 Å². The third-order valence-corrected chi connectivity index (χ3v) is 2.81. The Morgan fingerprint density at radius 1 is 1.55 bits per heavy atom. The quantitative estimate of drug-likeness (QED) is 0.345. The van der Waals surface area contributed by atoms with Crippen molar-refractivity contribution in [3.05, 3.63) is 29.6 Å². The van der Waals surface area contributed by atoms with Crippen LogP contribution < -0.4 is 5.73 Å². The van der Waals surface area contributed by atoms with Gasteiger partial charge in [0.2, 0.25) is 0 Å². The summed E-state index contributed by atoms with van der Waals surface area (Å²) >= 11 is 0. The highest BCUT2D eigenvalue weighted by molar-refractivity contribution is 5.98. The second-order valence-corrected chi connectivity index (χ2v) is 4.50. The number of hydrogen-bond acceptors (Lipinski definition) is 5. The van der Waals surface area contributed by atoms with E-state index in [1.807, 2.05) is 13.8 Å². The van der Waals surface area contributed by atoms with Gasteiger partial charge in [-0.05, 0) is 26.0 Å². The summed E-state index contributed by atoms with van der Waals surface area (Å²) in [7, 11) is 1.59. The summed E-state index contributed by atoms with van der Waals surface area (Å²) < 4.78 is 5.00. The fourth-order valence-corrected chi connectivity index (χ4v) is 1.66. The number of amidine groups is 1. The molecule has 7 heteroatoms. The van der Waals surface area contributed by atoms with E-state index in [-0.39, 0.29) is 17.8 Å². The van der Waals surface area contributed by atoms with Gasteiger partial charge in [0.25, 0.3) is 5.91 Å². The number of methoxy groups -OCH3 is 1. The Kier molecular flexibility index (Phi) is 5.92. The van der Waals surface area contributed by atoms with Gasteiger partial charge >= 0.3 is 0 Å². The maximum absolute atomic E-state index is 12.3. The second-order valence-electron chi connectivity index (χ2n) is 4.50. The van der Waals surface area contributed by atoms with Crippen molar-refractivity contribution in [3.63, 3.8) is 0 Å². The molecule has 0 aliphatic rings. The van der Waals surface area contributed by atoms with Crippen molar-refractivity contribution in [2.75, 3.05) is 20.3 Å². The number of rotatable bonds is 6. The molecule has 0 unspecified atom stereocenters. The molecule has 110 valence electrons. The molecule has 0 aliphatic heterocycles. The molecule has 1 amide bonds. The lowest BCUT2D eigenvalue weighted by Gasteiger charge is -2.26. The third kappa shape index (κ3) is 3.92. The van der Waals surface area contributed by atoms with Crippen molar-refractivity contribution in [1.82, 2.24) is 9.88 Å². The predicted molar refractivity (Wildman–Crippen MR) is 74.8 cm³/mol. The van der Waals surface area contributed by atoms with E-state index in [2.05, 4.69) is 10.1 Å². The third-order valence-electron chi connectivity index (χ3n) is 2.81. The number of carbonyl (C=O) groups is 1. The smallest absolute Gasteiger partial charge is 0.272 e. The van der Waals surface area contributed by atoms with Crippen LogP contribution in [0.15, 0.2) is 23.5 Å². The van der Waals surface area contributed by atoms with Gasteiger partial charge < -0.3 is 20.6 Å².